The molecule has 0 bridgehead atoms. The maximum Gasteiger partial charge on any atom is 0.175 e. The van der Waals surface area contributed by atoms with Gasteiger partial charge in [-0.25, -0.2) is 5.90 Å². The first-order valence-electron chi connectivity index (χ1n) is 6.07. The van der Waals surface area contributed by atoms with Gasteiger partial charge in [0, 0.05) is 12.0 Å². The number of nitrogens with two attached hydrogens (primary N) is 1. The Bertz CT molecular complexity index is 435. The van der Waals surface area contributed by atoms with Crippen molar-refractivity contribution >= 4 is 15.9 Å². The lowest BCUT2D eigenvalue weighted by Crippen LogP contribution is -2.07. The van der Waals surface area contributed by atoms with Gasteiger partial charge in [0.1, 0.15) is 0 Å². The van der Waals surface area contributed by atoms with Gasteiger partial charge >= 0.3 is 0 Å². The van der Waals surface area contributed by atoms with Crippen LogP contribution >= 0.6 is 15.9 Å². The lowest BCUT2D eigenvalue weighted by Gasteiger charge is -2.20. The summed E-state index contributed by atoms with van der Waals surface area (Å²) in [5, 5.41) is 0. The van der Waals surface area contributed by atoms with E-state index in [4.69, 9.17) is 20.2 Å². The molecule has 0 unspecified atom stereocenters. The van der Waals surface area contributed by atoms with Crippen molar-refractivity contribution in [3.8, 4) is 11.5 Å². The van der Waals surface area contributed by atoms with E-state index in [0.29, 0.717) is 25.7 Å². The van der Waals surface area contributed by atoms with Gasteiger partial charge in [-0.3, -0.25) is 4.84 Å². The molecule has 2 rings (SSSR count). The second-order valence-corrected chi connectivity index (χ2v) is 5.46. The maximum atomic E-state index is 5.86. The first-order valence-corrected chi connectivity index (χ1v) is 6.87. The zero-order valence-electron chi connectivity index (χ0n) is 10.7. The van der Waals surface area contributed by atoms with Crippen LogP contribution in [0.25, 0.3) is 0 Å². The summed E-state index contributed by atoms with van der Waals surface area (Å²) in [6, 6.07) is 2.00. The summed E-state index contributed by atoms with van der Waals surface area (Å²) in [5.74, 6) is 7.13. The van der Waals surface area contributed by atoms with Crippen LogP contribution in [0.5, 0.6) is 11.5 Å². The normalized spacial score (nSPS) is 14.7. The summed E-state index contributed by atoms with van der Waals surface area (Å²) in [5.41, 5.74) is 2.14. The molecule has 1 aromatic carbocycles. The van der Waals surface area contributed by atoms with Crippen molar-refractivity contribution in [3.63, 3.8) is 0 Å². The highest BCUT2D eigenvalue weighted by Crippen LogP contribution is 2.44. The molecule has 5 heteroatoms. The Morgan fingerprint density at radius 3 is 2.61 bits per heavy atom. The smallest absolute Gasteiger partial charge is 0.175 e. The third kappa shape index (κ3) is 2.63. The summed E-state index contributed by atoms with van der Waals surface area (Å²) in [6.07, 6.45) is 0.890. The van der Waals surface area contributed by atoms with Crippen molar-refractivity contribution in [2.45, 2.75) is 32.8 Å². The van der Waals surface area contributed by atoms with E-state index in [1.807, 2.05) is 6.07 Å². The Balaban J connectivity index is 2.57. The molecule has 4 nitrogen and oxygen atoms in total. The minimum Gasteiger partial charge on any atom is -0.489 e. The molecule has 0 aromatic heterocycles. The van der Waals surface area contributed by atoms with Gasteiger partial charge in [-0.2, -0.15) is 0 Å². The standard InChI is InChI=1S/C13H18BrNO3/c1-8(2)11-9(7-18-15)6-10(14)12-13(11)17-5-3-4-16-12/h6,8H,3-5,7,15H2,1-2H3. The molecular weight excluding hydrogens is 298 g/mol. The molecule has 0 saturated heterocycles. The van der Waals surface area contributed by atoms with E-state index in [0.717, 1.165) is 33.5 Å². The number of hydrogen-bond acceptors (Lipinski definition) is 4. The second-order valence-electron chi connectivity index (χ2n) is 4.61. The fourth-order valence-corrected chi connectivity index (χ4v) is 2.77. The summed E-state index contributed by atoms with van der Waals surface area (Å²) in [7, 11) is 0. The van der Waals surface area contributed by atoms with Crippen LogP contribution in [0.15, 0.2) is 10.5 Å². The first-order chi connectivity index (χ1) is 8.65. The van der Waals surface area contributed by atoms with Crippen molar-refractivity contribution in [3.05, 3.63) is 21.7 Å². The number of benzene rings is 1. The van der Waals surface area contributed by atoms with E-state index in [2.05, 4.69) is 29.8 Å². The molecule has 0 radical (unpaired) electrons. The molecule has 0 spiro atoms. The Labute approximate surface area is 115 Å². The highest BCUT2D eigenvalue weighted by atomic mass is 79.9. The Morgan fingerprint density at radius 2 is 2.00 bits per heavy atom. The van der Waals surface area contributed by atoms with Crippen LogP contribution in [0.3, 0.4) is 0 Å². The molecule has 0 amide bonds. The number of halogens is 1. The predicted octanol–water partition coefficient (Wildman–Crippen LogP) is 3.12. The average Bonchev–Trinajstić information content (AvgIpc) is 2.55. The van der Waals surface area contributed by atoms with Gasteiger partial charge < -0.3 is 9.47 Å². The van der Waals surface area contributed by atoms with Crippen molar-refractivity contribution in [2.75, 3.05) is 13.2 Å². The highest BCUT2D eigenvalue weighted by molar-refractivity contribution is 9.10. The van der Waals surface area contributed by atoms with Crippen LogP contribution in [-0.4, -0.2) is 13.2 Å². The number of fused-ring (bicyclic) bond motifs is 1. The van der Waals surface area contributed by atoms with Crippen molar-refractivity contribution < 1.29 is 14.3 Å². The lowest BCUT2D eigenvalue weighted by atomic mass is 9.96. The molecule has 1 heterocycles. The van der Waals surface area contributed by atoms with Crippen LogP contribution in [0.4, 0.5) is 0 Å². The van der Waals surface area contributed by atoms with Gasteiger partial charge in [-0.15, -0.1) is 0 Å². The Kier molecular flexibility index (Phi) is 4.48. The summed E-state index contributed by atoms with van der Waals surface area (Å²) in [4.78, 5) is 4.78. The fraction of sp³-hybridized carbons (Fsp3) is 0.538. The van der Waals surface area contributed by atoms with Gasteiger partial charge in [0.2, 0.25) is 0 Å². The van der Waals surface area contributed by atoms with Gasteiger partial charge in [0.15, 0.2) is 11.5 Å². The van der Waals surface area contributed by atoms with Gasteiger partial charge in [0.05, 0.1) is 24.3 Å². The summed E-state index contributed by atoms with van der Waals surface area (Å²) >= 11 is 3.52. The topological polar surface area (TPSA) is 53.7 Å². The van der Waals surface area contributed by atoms with Gasteiger partial charge in [-0.05, 0) is 33.5 Å². The summed E-state index contributed by atoms with van der Waals surface area (Å²) < 4.78 is 12.5. The Morgan fingerprint density at radius 1 is 1.33 bits per heavy atom. The highest BCUT2D eigenvalue weighted by Gasteiger charge is 2.23. The summed E-state index contributed by atoms with van der Waals surface area (Å²) in [6.45, 7) is 5.96. The molecule has 2 N–H and O–H groups in total. The van der Waals surface area contributed by atoms with Crippen molar-refractivity contribution in [1.82, 2.24) is 0 Å². The number of rotatable bonds is 3. The Hall–Kier alpha value is -0.780. The predicted molar refractivity (Wildman–Crippen MR) is 72.8 cm³/mol. The largest absolute Gasteiger partial charge is 0.489 e. The molecule has 18 heavy (non-hydrogen) atoms. The average molecular weight is 316 g/mol. The van der Waals surface area contributed by atoms with E-state index in [9.17, 15) is 0 Å². The molecule has 0 saturated carbocycles. The minimum absolute atomic E-state index is 0.318. The fourth-order valence-electron chi connectivity index (χ4n) is 2.20. The molecule has 100 valence electrons. The minimum atomic E-state index is 0.318. The van der Waals surface area contributed by atoms with E-state index >= 15 is 0 Å². The van der Waals surface area contributed by atoms with Crippen LogP contribution in [0.2, 0.25) is 0 Å². The maximum absolute atomic E-state index is 5.86. The zero-order chi connectivity index (χ0) is 13.1. The lowest BCUT2D eigenvalue weighted by molar-refractivity contribution is 0.123. The number of hydrogen-bond donors (Lipinski definition) is 1. The van der Waals surface area contributed by atoms with Crippen molar-refractivity contribution in [1.29, 1.82) is 0 Å². The van der Waals surface area contributed by atoms with Crippen LogP contribution in [0, 0.1) is 0 Å². The van der Waals surface area contributed by atoms with Gasteiger partial charge in [-0.1, -0.05) is 13.8 Å². The molecular formula is C13H18BrNO3. The monoisotopic (exact) mass is 315 g/mol. The zero-order valence-corrected chi connectivity index (χ0v) is 12.2. The van der Waals surface area contributed by atoms with E-state index < -0.39 is 0 Å². The first kappa shape index (κ1) is 13.6. The van der Waals surface area contributed by atoms with E-state index in [1.165, 1.54) is 0 Å². The SMILES string of the molecule is CC(C)c1c(CON)cc(Br)c2c1OCCCO2. The molecule has 1 aliphatic rings. The quantitative estimate of drug-likeness (QED) is 0.871. The molecule has 1 aromatic rings. The second kappa shape index (κ2) is 5.91. The molecule has 1 aliphatic heterocycles. The van der Waals surface area contributed by atoms with E-state index in [1.54, 1.807) is 0 Å². The molecule has 0 fully saturated rings. The van der Waals surface area contributed by atoms with Crippen LogP contribution < -0.4 is 15.4 Å². The van der Waals surface area contributed by atoms with Crippen molar-refractivity contribution in [2.24, 2.45) is 5.90 Å². The third-order valence-electron chi connectivity index (χ3n) is 2.91. The number of ether oxygens (including phenoxy) is 2. The molecule has 0 aliphatic carbocycles. The van der Waals surface area contributed by atoms with Gasteiger partial charge in [0.25, 0.3) is 0 Å². The molecule has 0 atom stereocenters. The third-order valence-corrected chi connectivity index (χ3v) is 3.50. The van der Waals surface area contributed by atoms with Crippen LogP contribution in [0.1, 0.15) is 37.3 Å². The van der Waals surface area contributed by atoms with E-state index in [-0.39, 0.29) is 0 Å². The van der Waals surface area contributed by atoms with Crippen LogP contribution in [-0.2, 0) is 11.4 Å².